The average molecular weight is 935 g/mol. The summed E-state index contributed by atoms with van der Waals surface area (Å²) in [6.45, 7) is 13.1. The van der Waals surface area contributed by atoms with Gasteiger partial charge in [0.25, 0.3) is 5.91 Å². The molecule has 0 radical (unpaired) electrons. The van der Waals surface area contributed by atoms with Gasteiger partial charge in [0.15, 0.2) is 0 Å². The van der Waals surface area contributed by atoms with E-state index in [9.17, 15) is 14.7 Å². The van der Waals surface area contributed by atoms with Crippen molar-refractivity contribution in [3.8, 4) is 27.8 Å². The largest absolute Gasteiger partial charge is 0.479 e. The number of β-amino-alcohol motifs (C(OH)–C–C–N with tert-alkyl or cyclic N) is 1. The minimum absolute atomic E-state index is 0.0806. The fraction of sp³-hybridized carbons (Fsp3) is 0.440. The number of carbonyl (C=O) groups is 2. The van der Waals surface area contributed by atoms with Crippen molar-refractivity contribution in [1.82, 2.24) is 30.3 Å². The van der Waals surface area contributed by atoms with Gasteiger partial charge < -0.3 is 30.6 Å². The summed E-state index contributed by atoms with van der Waals surface area (Å²) in [5, 5.41) is 38.8. The summed E-state index contributed by atoms with van der Waals surface area (Å²) in [5.41, 5.74) is 8.48. The number of aryl methyl sites for hydroxylation is 1. The first-order valence-corrected chi connectivity index (χ1v) is 24.1. The van der Waals surface area contributed by atoms with Crippen molar-refractivity contribution in [1.29, 1.82) is 5.26 Å². The van der Waals surface area contributed by atoms with E-state index in [0.29, 0.717) is 61.1 Å². The molecule has 16 heteroatoms. The lowest BCUT2D eigenvalue weighted by Gasteiger charge is -2.32. The van der Waals surface area contributed by atoms with Crippen LogP contribution in [0.4, 0.5) is 5.69 Å². The lowest BCUT2D eigenvalue weighted by molar-refractivity contribution is -0.126. The number of aliphatic hydroxyl groups is 1. The van der Waals surface area contributed by atoms with Crippen LogP contribution in [0.2, 0.25) is 5.02 Å². The van der Waals surface area contributed by atoms with E-state index < -0.39 is 12.1 Å². The number of rotatable bonds is 20. The molecule has 2 unspecified atom stereocenters. The Bertz CT molecular complexity index is 2480. The molecule has 1 fully saturated rings. The molecule has 348 valence electrons. The molecule has 7 rings (SSSR count). The van der Waals surface area contributed by atoms with Crippen molar-refractivity contribution < 1.29 is 24.3 Å². The first-order chi connectivity index (χ1) is 31.8. The van der Waals surface area contributed by atoms with Crippen molar-refractivity contribution in [3.63, 3.8) is 0 Å². The molecule has 0 bridgehead atoms. The quantitative estimate of drug-likeness (QED) is 0.0553. The summed E-state index contributed by atoms with van der Waals surface area (Å²) < 4.78 is 7.83. The molecule has 6 atom stereocenters. The number of aliphatic hydroxyl groups excluding tert-OH is 1. The maximum Gasteiger partial charge on any atom is 0.251 e. The maximum atomic E-state index is 13.7. The number of nitriles is 1. The molecule has 2 amide bonds. The number of nitrogens with one attached hydrogen (secondary N) is 3. The molecule has 1 saturated heterocycles. The zero-order valence-corrected chi connectivity index (χ0v) is 39.8. The molecule has 4 N–H and O–H groups in total. The van der Waals surface area contributed by atoms with Gasteiger partial charge in [-0.15, -0.1) is 11.3 Å². The van der Waals surface area contributed by atoms with Crippen LogP contribution < -0.4 is 16.0 Å². The topological polar surface area (TPSA) is 179 Å². The SMILES string of the molecule is Cc1ncsc1-c1ccc([C@H](C)NC(=O)C2C[C@@H](O)CN2C[C@H](C(C)C)C2CC(OCCCCCNc3ccc(C(=O)N[C@@H](C)Cn4ccc(-c5ccc(C#N)c(Cl)c5)n4)cc3)=NO2)cc1. The molecule has 3 aromatic carbocycles. The number of ether oxygens (including phenoxy) is 1. The minimum Gasteiger partial charge on any atom is -0.479 e. The third kappa shape index (κ3) is 12.6. The molecule has 0 aliphatic carbocycles. The van der Waals surface area contributed by atoms with Gasteiger partial charge >= 0.3 is 0 Å². The second-order valence-corrected chi connectivity index (χ2v) is 19.0. The highest BCUT2D eigenvalue weighted by Crippen LogP contribution is 2.32. The van der Waals surface area contributed by atoms with E-state index in [4.69, 9.17) is 26.4 Å². The van der Waals surface area contributed by atoms with Crippen LogP contribution in [0.1, 0.15) is 93.0 Å². The predicted molar refractivity (Wildman–Crippen MR) is 259 cm³/mol. The molecule has 2 aliphatic heterocycles. The number of likely N-dealkylation sites (tertiary alicyclic amines) is 1. The molecule has 2 aromatic heterocycles. The molecule has 66 heavy (non-hydrogen) atoms. The van der Waals surface area contributed by atoms with E-state index in [0.717, 1.165) is 64.4 Å². The summed E-state index contributed by atoms with van der Waals surface area (Å²) in [7, 11) is 0. The highest BCUT2D eigenvalue weighted by atomic mass is 35.5. The summed E-state index contributed by atoms with van der Waals surface area (Å²) >= 11 is 7.82. The normalized spacial score (nSPS) is 18.5. The summed E-state index contributed by atoms with van der Waals surface area (Å²) in [4.78, 5) is 40.2. The summed E-state index contributed by atoms with van der Waals surface area (Å²) in [6, 6.07) is 24.1. The molecule has 14 nitrogen and oxygen atoms in total. The van der Waals surface area contributed by atoms with Crippen molar-refractivity contribution in [2.75, 3.05) is 31.6 Å². The lowest BCUT2D eigenvalue weighted by Crippen LogP contribution is -2.47. The Kier molecular flexibility index (Phi) is 16.5. The van der Waals surface area contributed by atoms with Gasteiger partial charge in [0.05, 0.1) is 70.1 Å². The number of anilines is 1. The smallest absolute Gasteiger partial charge is 0.251 e. The Balaban J connectivity index is 0.774. The van der Waals surface area contributed by atoms with Crippen LogP contribution >= 0.6 is 22.9 Å². The number of unbranched alkanes of at least 4 members (excludes halogenated alkanes) is 2. The molecule has 0 spiro atoms. The molecule has 4 heterocycles. The number of oxime groups is 1. The highest BCUT2D eigenvalue weighted by Gasteiger charge is 2.41. The first-order valence-electron chi connectivity index (χ1n) is 22.8. The molecule has 0 saturated carbocycles. The monoisotopic (exact) mass is 933 g/mol. The number of amides is 2. The Labute approximate surface area is 396 Å². The Morgan fingerprint density at radius 3 is 2.48 bits per heavy atom. The maximum absolute atomic E-state index is 13.7. The van der Waals surface area contributed by atoms with Gasteiger partial charge in [-0.2, -0.15) is 10.4 Å². The highest BCUT2D eigenvalue weighted by molar-refractivity contribution is 7.13. The first kappa shape index (κ1) is 48.2. The van der Waals surface area contributed by atoms with E-state index in [1.165, 1.54) is 0 Å². The van der Waals surface area contributed by atoms with Crippen molar-refractivity contribution in [2.45, 2.75) is 104 Å². The third-order valence-electron chi connectivity index (χ3n) is 12.3. The number of benzene rings is 3. The Hall–Kier alpha value is -5.79. The molecular formula is C50H60ClN9O5S. The summed E-state index contributed by atoms with van der Waals surface area (Å²) in [5.74, 6) is 0.703. The van der Waals surface area contributed by atoms with Gasteiger partial charge in [-0.1, -0.05) is 60.9 Å². The van der Waals surface area contributed by atoms with Crippen LogP contribution in [0.15, 0.2) is 89.7 Å². The summed E-state index contributed by atoms with van der Waals surface area (Å²) in [6.07, 6.45) is 4.85. The van der Waals surface area contributed by atoms with E-state index in [1.807, 2.05) is 68.9 Å². The average Bonchev–Trinajstić information content (AvgIpc) is 4.13. The minimum atomic E-state index is -0.575. The zero-order valence-electron chi connectivity index (χ0n) is 38.2. The molecular weight excluding hydrogens is 874 g/mol. The number of aromatic nitrogens is 3. The predicted octanol–water partition coefficient (Wildman–Crippen LogP) is 8.61. The molecule has 2 aliphatic rings. The number of hydrogen-bond acceptors (Lipinski definition) is 12. The number of halogens is 1. The van der Waals surface area contributed by atoms with E-state index in [2.05, 4.69) is 80.3 Å². The van der Waals surface area contributed by atoms with Crippen LogP contribution in [0.25, 0.3) is 21.7 Å². The Morgan fingerprint density at radius 1 is 1.00 bits per heavy atom. The zero-order chi connectivity index (χ0) is 46.7. The van der Waals surface area contributed by atoms with E-state index in [1.54, 1.807) is 28.2 Å². The number of thiazole rings is 1. The number of nitrogens with zero attached hydrogens (tertiary/aromatic N) is 6. The number of carbonyl (C=O) groups excluding carboxylic acids is 2. The fourth-order valence-corrected chi connectivity index (χ4v) is 9.58. The van der Waals surface area contributed by atoms with E-state index in [-0.39, 0.29) is 41.8 Å². The van der Waals surface area contributed by atoms with Crippen LogP contribution in [-0.4, -0.2) is 93.0 Å². The fourth-order valence-electron chi connectivity index (χ4n) is 8.55. The number of hydrogen-bond donors (Lipinski definition) is 4. The Morgan fingerprint density at radius 2 is 1.77 bits per heavy atom. The van der Waals surface area contributed by atoms with Crippen LogP contribution in [-0.2, 0) is 20.9 Å². The standard InChI is InChI=1S/C50H60ClN9O5S/c1-31(2)42(29-59-28-41(61)24-45(59)50(63)56-33(4)35-9-11-36(12-10-35)48-34(5)54-30-66-48)46-25-47(58-65-46)64-22-8-6-7-20-53-40-17-15-37(16-18-40)49(62)55-32(3)27-60-21-19-44(57-60)38-13-14-39(26-52)43(51)23-38/h9-19,21,23,30-33,41-42,45-46,53,61H,6-8,20,22,24-25,27-29H2,1-5H3,(H,55,62)(H,56,63)/t32-,33-,41+,42+,45?,46?/m0/s1. The second-order valence-electron chi connectivity index (χ2n) is 17.7. The van der Waals surface area contributed by atoms with Gasteiger partial charge in [-0.25, -0.2) is 4.98 Å². The van der Waals surface area contributed by atoms with E-state index >= 15 is 0 Å². The third-order valence-corrected chi connectivity index (χ3v) is 13.6. The van der Waals surface area contributed by atoms with Gasteiger partial charge in [0, 0.05) is 54.6 Å². The van der Waals surface area contributed by atoms with Crippen molar-refractivity contribution in [2.24, 2.45) is 17.0 Å². The van der Waals surface area contributed by atoms with Crippen molar-refractivity contribution >= 4 is 46.3 Å². The van der Waals surface area contributed by atoms with Gasteiger partial charge in [0.1, 0.15) is 12.2 Å². The van der Waals surface area contributed by atoms with Crippen molar-refractivity contribution in [3.05, 3.63) is 112 Å². The van der Waals surface area contributed by atoms with Crippen LogP contribution in [0.5, 0.6) is 0 Å². The second kappa shape index (κ2) is 22.6. The van der Waals surface area contributed by atoms with Gasteiger partial charge in [-0.3, -0.25) is 19.2 Å². The van der Waals surface area contributed by atoms with Gasteiger partial charge in [-0.05, 0) is 106 Å². The van der Waals surface area contributed by atoms with Crippen LogP contribution in [0, 0.1) is 30.1 Å². The molecule has 5 aromatic rings. The lowest BCUT2D eigenvalue weighted by atomic mass is 9.88. The van der Waals surface area contributed by atoms with Gasteiger partial charge in [0.2, 0.25) is 11.8 Å². The van der Waals surface area contributed by atoms with Crippen LogP contribution in [0.3, 0.4) is 0 Å².